The lowest BCUT2D eigenvalue weighted by atomic mass is 10.2. The number of ether oxygens (including phenoxy) is 1. The summed E-state index contributed by atoms with van der Waals surface area (Å²) < 4.78 is 10.8. The van der Waals surface area contributed by atoms with Crippen molar-refractivity contribution in [3.05, 3.63) is 40.3 Å². The first-order chi connectivity index (χ1) is 9.24. The summed E-state index contributed by atoms with van der Waals surface area (Å²) in [6.07, 6.45) is 1.79. The molecule has 2 heterocycles. The number of aryl methyl sites for hydroxylation is 1. The molecule has 106 valence electrons. The van der Waals surface area contributed by atoms with Crippen molar-refractivity contribution >= 4 is 34.7 Å². The number of rotatable bonds is 4. The van der Waals surface area contributed by atoms with E-state index in [2.05, 4.69) is 10.1 Å². The summed E-state index contributed by atoms with van der Waals surface area (Å²) in [6.45, 7) is 2.30. The highest BCUT2D eigenvalue weighted by Gasteiger charge is 2.13. The first kappa shape index (κ1) is 14.8. The Morgan fingerprint density at radius 3 is 2.95 bits per heavy atom. The molecular weight excluding hydrogens is 298 g/mol. The Morgan fingerprint density at radius 1 is 1.40 bits per heavy atom. The second kappa shape index (κ2) is 6.21. The minimum absolute atomic E-state index is 0. The first-order valence-electron chi connectivity index (χ1n) is 5.89. The van der Waals surface area contributed by atoms with Gasteiger partial charge in [-0.25, -0.2) is 4.98 Å². The van der Waals surface area contributed by atoms with Crippen LogP contribution in [0.1, 0.15) is 15.9 Å². The van der Waals surface area contributed by atoms with Crippen molar-refractivity contribution in [2.75, 3.05) is 6.61 Å². The largest absolute Gasteiger partial charge is 0.473 e. The van der Waals surface area contributed by atoms with Crippen molar-refractivity contribution in [1.29, 1.82) is 0 Å². The molecule has 1 aromatic carbocycles. The Kier molecular flexibility index (Phi) is 4.59. The lowest BCUT2D eigenvalue weighted by Crippen LogP contribution is -2.18. The third kappa shape index (κ3) is 2.92. The van der Waals surface area contributed by atoms with E-state index < -0.39 is 0 Å². The fourth-order valence-electron chi connectivity index (χ4n) is 1.77. The molecule has 2 N–H and O–H groups in total. The maximum absolute atomic E-state index is 6.06. The summed E-state index contributed by atoms with van der Waals surface area (Å²) >= 11 is 1.58. The first-order valence-corrected chi connectivity index (χ1v) is 6.71. The molecular formula is C13H14ClN3O2S. The van der Waals surface area contributed by atoms with Gasteiger partial charge in [-0.1, -0.05) is 12.1 Å². The van der Waals surface area contributed by atoms with Gasteiger partial charge in [-0.3, -0.25) is 0 Å². The van der Waals surface area contributed by atoms with Gasteiger partial charge in [0.2, 0.25) is 0 Å². The molecule has 0 aliphatic carbocycles. The van der Waals surface area contributed by atoms with E-state index in [1.165, 1.54) is 0 Å². The number of hydrogen-bond donors (Lipinski definition) is 1. The Bertz CT molecular complexity index is 698. The second-order valence-electron chi connectivity index (χ2n) is 4.18. The molecule has 1 unspecified atom stereocenters. The van der Waals surface area contributed by atoms with Gasteiger partial charge < -0.3 is 15.0 Å². The summed E-state index contributed by atoms with van der Waals surface area (Å²) in [5, 5.41) is 5.76. The monoisotopic (exact) mass is 311 g/mol. The van der Waals surface area contributed by atoms with Gasteiger partial charge in [-0.2, -0.15) is 0 Å². The molecule has 0 aliphatic rings. The highest BCUT2D eigenvalue weighted by Crippen LogP contribution is 2.25. The van der Waals surface area contributed by atoms with E-state index in [0.717, 1.165) is 15.3 Å². The zero-order chi connectivity index (χ0) is 13.2. The number of thiazole rings is 1. The van der Waals surface area contributed by atoms with Gasteiger partial charge in [0.1, 0.15) is 6.61 Å². The van der Waals surface area contributed by atoms with Crippen LogP contribution in [0.2, 0.25) is 0 Å². The van der Waals surface area contributed by atoms with E-state index >= 15 is 0 Å². The molecule has 0 saturated heterocycles. The Balaban J connectivity index is 0.00000147. The SMILES string of the molecule is Cc1ncc(C(N)COc2noc3ccccc23)s1.Cl. The van der Waals surface area contributed by atoms with Crippen LogP contribution < -0.4 is 10.5 Å². The quantitative estimate of drug-likeness (QED) is 0.801. The summed E-state index contributed by atoms with van der Waals surface area (Å²) in [4.78, 5) is 5.19. The third-order valence-corrected chi connectivity index (χ3v) is 3.79. The number of nitrogens with two attached hydrogens (primary N) is 1. The molecule has 0 aliphatic heterocycles. The number of para-hydroxylation sites is 1. The number of halogens is 1. The van der Waals surface area contributed by atoms with Crippen LogP contribution in [0, 0.1) is 6.92 Å². The predicted molar refractivity (Wildman–Crippen MR) is 80.5 cm³/mol. The highest BCUT2D eigenvalue weighted by molar-refractivity contribution is 7.11. The summed E-state index contributed by atoms with van der Waals surface area (Å²) in [6, 6.07) is 7.36. The smallest absolute Gasteiger partial charge is 0.262 e. The number of nitrogens with zero attached hydrogens (tertiary/aromatic N) is 2. The average molecular weight is 312 g/mol. The lowest BCUT2D eigenvalue weighted by molar-refractivity contribution is 0.265. The van der Waals surface area contributed by atoms with Crippen molar-refractivity contribution in [1.82, 2.24) is 10.1 Å². The van der Waals surface area contributed by atoms with E-state index in [1.807, 2.05) is 31.2 Å². The molecule has 1 atom stereocenters. The molecule has 7 heteroatoms. The van der Waals surface area contributed by atoms with Gasteiger partial charge in [-0.15, -0.1) is 23.7 Å². The molecule has 0 saturated carbocycles. The molecule has 3 aromatic rings. The van der Waals surface area contributed by atoms with Crippen LogP contribution >= 0.6 is 23.7 Å². The number of hydrogen-bond acceptors (Lipinski definition) is 6. The van der Waals surface area contributed by atoms with E-state index in [-0.39, 0.29) is 18.4 Å². The minimum Gasteiger partial charge on any atom is -0.473 e. The van der Waals surface area contributed by atoms with Crippen LogP contribution in [-0.4, -0.2) is 16.7 Å². The van der Waals surface area contributed by atoms with Gasteiger partial charge in [0.15, 0.2) is 5.58 Å². The zero-order valence-corrected chi connectivity index (χ0v) is 12.4. The zero-order valence-electron chi connectivity index (χ0n) is 10.8. The van der Waals surface area contributed by atoms with Crippen molar-refractivity contribution in [3.8, 4) is 5.88 Å². The topological polar surface area (TPSA) is 74.2 Å². The van der Waals surface area contributed by atoms with Crippen LogP contribution in [0.4, 0.5) is 0 Å². The van der Waals surface area contributed by atoms with Crippen molar-refractivity contribution < 1.29 is 9.26 Å². The fourth-order valence-corrected chi connectivity index (χ4v) is 2.54. The van der Waals surface area contributed by atoms with E-state index in [0.29, 0.717) is 18.1 Å². The average Bonchev–Trinajstić information content (AvgIpc) is 3.02. The lowest BCUT2D eigenvalue weighted by Gasteiger charge is -2.08. The number of aromatic nitrogens is 2. The van der Waals surface area contributed by atoms with Gasteiger partial charge >= 0.3 is 0 Å². The summed E-state index contributed by atoms with van der Waals surface area (Å²) in [5.41, 5.74) is 6.76. The molecule has 3 rings (SSSR count). The highest BCUT2D eigenvalue weighted by atomic mass is 35.5. The van der Waals surface area contributed by atoms with Crippen LogP contribution in [0.15, 0.2) is 35.0 Å². The predicted octanol–water partition coefficient (Wildman–Crippen LogP) is 3.09. The van der Waals surface area contributed by atoms with Crippen LogP contribution in [0.5, 0.6) is 5.88 Å². The van der Waals surface area contributed by atoms with Crippen molar-refractivity contribution in [3.63, 3.8) is 0 Å². The van der Waals surface area contributed by atoms with Crippen LogP contribution in [0.3, 0.4) is 0 Å². The molecule has 0 spiro atoms. The van der Waals surface area contributed by atoms with Gasteiger partial charge in [-0.05, 0) is 24.2 Å². The molecule has 0 amide bonds. The third-order valence-electron chi connectivity index (χ3n) is 2.75. The van der Waals surface area contributed by atoms with Crippen LogP contribution in [-0.2, 0) is 0 Å². The molecule has 2 aromatic heterocycles. The standard InChI is InChI=1S/C13H13N3O2S.ClH/c1-8-15-6-12(19-8)10(14)7-17-13-9-4-2-3-5-11(9)18-16-13;/h2-6,10H,7,14H2,1H3;1H. The van der Waals surface area contributed by atoms with Crippen molar-refractivity contribution in [2.24, 2.45) is 5.73 Å². The Labute approximate surface area is 126 Å². The Morgan fingerprint density at radius 2 is 2.20 bits per heavy atom. The maximum atomic E-state index is 6.06. The fraction of sp³-hybridized carbons (Fsp3) is 0.231. The van der Waals surface area contributed by atoms with E-state index in [9.17, 15) is 0 Å². The Hall–Kier alpha value is -1.63. The second-order valence-corrected chi connectivity index (χ2v) is 5.45. The number of benzene rings is 1. The van der Waals surface area contributed by atoms with Gasteiger partial charge in [0, 0.05) is 11.1 Å². The van der Waals surface area contributed by atoms with E-state index in [1.54, 1.807) is 17.5 Å². The normalized spacial score (nSPS) is 12.1. The number of fused-ring (bicyclic) bond motifs is 1. The molecule has 0 fully saturated rings. The van der Waals surface area contributed by atoms with Crippen LogP contribution in [0.25, 0.3) is 11.0 Å². The summed E-state index contributed by atoms with van der Waals surface area (Å²) in [7, 11) is 0. The van der Waals surface area contributed by atoms with E-state index in [4.69, 9.17) is 15.0 Å². The van der Waals surface area contributed by atoms with Gasteiger partial charge in [0.05, 0.1) is 16.4 Å². The molecule has 5 nitrogen and oxygen atoms in total. The van der Waals surface area contributed by atoms with Gasteiger partial charge in [0.25, 0.3) is 5.88 Å². The maximum Gasteiger partial charge on any atom is 0.262 e. The summed E-state index contributed by atoms with van der Waals surface area (Å²) in [5.74, 6) is 0.479. The molecule has 0 bridgehead atoms. The molecule has 20 heavy (non-hydrogen) atoms. The minimum atomic E-state index is -0.207. The molecule has 0 radical (unpaired) electrons. The van der Waals surface area contributed by atoms with Crippen molar-refractivity contribution in [2.45, 2.75) is 13.0 Å².